The lowest BCUT2D eigenvalue weighted by Gasteiger charge is -2.11. The molecule has 0 fully saturated rings. The Hall–Kier alpha value is -9.66. The highest BCUT2D eigenvalue weighted by Crippen LogP contribution is 2.39. The second kappa shape index (κ2) is 16.0. The first kappa shape index (κ1) is 39.5. The van der Waals surface area contributed by atoms with E-state index in [-0.39, 0.29) is 0 Å². The zero-order valence-corrected chi connectivity index (χ0v) is 37.5. The molecule has 0 radical (unpaired) electrons. The number of para-hydroxylation sites is 4. The summed E-state index contributed by atoms with van der Waals surface area (Å²) < 4.78 is 4.50. The molecule has 9 aromatic carbocycles. The Morgan fingerprint density at radius 2 is 0.686 bits per heavy atom. The van der Waals surface area contributed by atoms with Gasteiger partial charge in [0, 0.05) is 67.1 Å². The van der Waals surface area contributed by atoms with Crippen LogP contribution in [0.1, 0.15) is 0 Å². The van der Waals surface area contributed by atoms with Crippen molar-refractivity contribution >= 4 is 65.4 Å². The lowest BCUT2D eigenvalue weighted by molar-refractivity contribution is 0.986. The number of aromatic nitrogens is 8. The van der Waals surface area contributed by atoms with Crippen LogP contribution < -0.4 is 0 Å². The molecule has 14 rings (SSSR count). The average Bonchev–Trinajstić information content (AvgIpc) is 3.95. The van der Waals surface area contributed by atoms with E-state index in [9.17, 15) is 0 Å². The van der Waals surface area contributed by atoms with Crippen LogP contribution in [0.15, 0.2) is 231 Å². The summed E-state index contributed by atoms with van der Waals surface area (Å²) in [6.07, 6.45) is 3.66. The van der Waals surface area contributed by atoms with Crippen LogP contribution in [0.5, 0.6) is 0 Å². The van der Waals surface area contributed by atoms with E-state index in [1.165, 1.54) is 10.8 Å². The van der Waals surface area contributed by atoms with Crippen molar-refractivity contribution in [1.29, 1.82) is 0 Å². The molecule has 0 saturated carbocycles. The van der Waals surface area contributed by atoms with Crippen LogP contribution in [0.25, 0.3) is 133 Å². The molecular weight excluding hydrogens is 857 g/mol. The van der Waals surface area contributed by atoms with Crippen molar-refractivity contribution < 1.29 is 0 Å². The SMILES string of the molecule is c1ccc(-c2nc(-c3ccc(-n4c5ccccc5c5cc(-c6ccc7c(c6)c6ccccc6n7-c6ncc(-c7nc(-c8ccccc8)c8ccccc8n7)cn6)ccc54)cc3)nc3ccccc23)cc1. The molecule has 0 spiro atoms. The third kappa shape index (κ3) is 6.46. The molecule has 0 bridgehead atoms. The largest absolute Gasteiger partial charge is 0.309 e. The van der Waals surface area contributed by atoms with E-state index in [0.717, 1.165) is 105 Å². The predicted molar refractivity (Wildman–Crippen MR) is 284 cm³/mol. The van der Waals surface area contributed by atoms with Gasteiger partial charge in [-0.15, -0.1) is 0 Å². The van der Waals surface area contributed by atoms with Gasteiger partial charge in [0.1, 0.15) is 0 Å². The molecule has 0 atom stereocenters. The summed E-state index contributed by atoms with van der Waals surface area (Å²) in [5.41, 5.74) is 15.1. The van der Waals surface area contributed by atoms with Crippen molar-refractivity contribution in [2.45, 2.75) is 0 Å². The van der Waals surface area contributed by atoms with Crippen LogP contribution in [0.2, 0.25) is 0 Å². The molecule has 326 valence electrons. The van der Waals surface area contributed by atoms with Crippen LogP contribution in [0.3, 0.4) is 0 Å². The van der Waals surface area contributed by atoms with Gasteiger partial charge in [-0.05, 0) is 83.9 Å². The molecule has 8 nitrogen and oxygen atoms in total. The van der Waals surface area contributed by atoms with Gasteiger partial charge in [-0.2, -0.15) is 0 Å². The monoisotopic (exact) mass is 894 g/mol. The van der Waals surface area contributed by atoms with Gasteiger partial charge in [0.05, 0.1) is 50.1 Å². The Morgan fingerprint density at radius 3 is 1.23 bits per heavy atom. The molecule has 0 aliphatic rings. The highest BCUT2D eigenvalue weighted by atomic mass is 15.2. The van der Waals surface area contributed by atoms with E-state index in [4.69, 9.17) is 29.9 Å². The van der Waals surface area contributed by atoms with Gasteiger partial charge < -0.3 is 4.57 Å². The topological polar surface area (TPSA) is 87.2 Å². The zero-order chi connectivity index (χ0) is 46.1. The summed E-state index contributed by atoms with van der Waals surface area (Å²) >= 11 is 0. The van der Waals surface area contributed by atoms with Crippen molar-refractivity contribution in [1.82, 2.24) is 39.0 Å². The Kier molecular flexibility index (Phi) is 9.03. The summed E-state index contributed by atoms with van der Waals surface area (Å²) in [6, 6.07) is 76.2. The fourth-order valence-electron chi connectivity index (χ4n) is 10.2. The van der Waals surface area contributed by atoms with Gasteiger partial charge >= 0.3 is 0 Å². The number of hydrogen-bond donors (Lipinski definition) is 0. The van der Waals surface area contributed by atoms with Crippen LogP contribution in [-0.2, 0) is 0 Å². The quantitative estimate of drug-likeness (QED) is 0.158. The minimum Gasteiger partial charge on any atom is -0.309 e. The molecule has 14 aromatic rings. The van der Waals surface area contributed by atoms with E-state index in [2.05, 4.69) is 173 Å². The Labute approximate surface area is 401 Å². The maximum atomic E-state index is 5.13. The third-order valence-corrected chi connectivity index (χ3v) is 13.5. The van der Waals surface area contributed by atoms with Gasteiger partial charge in [0.15, 0.2) is 11.6 Å². The second-order valence-corrected chi connectivity index (χ2v) is 17.5. The van der Waals surface area contributed by atoms with E-state index in [0.29, 0.717) is 17.6 Å². The van der Waals surface area contributed by atoms with Gasteiger partial charge in [-0.25, -0.2) is 29.9 Å². The molecule has 0 aliphatic heterocycles. The van der Waals surface area contributed by atoms with Crippen molar-refractivity contribution in [3.63, 3.8) is 0 Å². The molecule has 0 saturated heterocycles. The molecular formula is C62H38N8. The number of benzene rings is 9. The second-order valence-electron chi connectivity index (χ2n) is 17.5. The van der Waals surface area contributed by atoms with Crippen LogP contribution in [0.4, 0.5) is 0 Å². The van der Waals surface area contributed by atoms with Gasteiger partial charge in [-0.1, -0.05) is 146 Å². The van der Waals surface area contributed by atoms with Crippen molar-refractivity contribution in [3.8, 4) is 68.1 Å². The van der Waals surface area contributed by atoms with Gasteiger partial charge in [0.25, 0.3) is 0 Å². The molecule has 5 aromatic heterocycles. The van der Waals surface area contributed by atoms with Crippen molar-refractivity contribution in [2.24, 2.45) is 0 Å². The summed E-state index contributed by atoms with van der Waals surface area (Å²) in [4.78, 5) is 30.1. The van der Waals surface area contributed by atoms with Crippen molar-refractivity contribution in [3.05, 3.63) is 231 Å². The molecule has 5 heterocycles. The molecule has 0 unspecified atom stereocenters. The zero-order valence-electron chi connectivity index (χ0n) is 37.5. The van der Waals surface area contributed by atoms with Gasteiger partial charge in [0.2, 0.25) is 5.95 Å². The van der Waals surface area contributed by atoms with E-state index < -0.39 is 0 Å². The average molecular weight is 895 g/mol. The third-order valence-electron chi connectivity index (χ3n) is 13.5. The Balaban J connectivity index is 0.823. The normalized spacial score (nSPS) is 11.7. The number of nitrogens with zero attached hydrogens (tertiary/aromatic N) is 8. The highest BCUT2D eigenvalue weighted by molar-refractivity contribution is 6.12. The number of rotatable bonds is 7. The number of hydrogen-bond acceptors (Lipinski definition) is 6. The van der Waals surface area contributed by atoms with Crippen molar-refractivity contribution in [2.75, 3.05) is 0 Å². The fraction of sp³-hybridized carbons (Fsp3) is 0. The van der Waals surface area contributed by atoms with E-state index in [1.54, 1.807) is 0 Å². The summed E-state index contributed by atoms with van der Waals surface area (Å²) in [6.45, 7) is 0. The van der Waals surface area contributed by atoms with E-state index >= 15 is 0 Å². The fourth-order valence-corrected chi connectivity index (χ4v) is 10.2. The Bertz CT molecular complexity index is 4050. The summed E-state index contributed by atoms with van der Waals surface area (Å²) in [5.74, 6) is 1.86. The summed E-state index contributed by atoms with van der Waals surface area (Å²) in [5, 5.41) is 6.67. The molecule has 0 amide bonds. The van der Waals surface area contributed by atoms with E-state index in [1.807, 2.05) is 67.0 Å². The first-order chi connectivity index (χ1) is 34.7. The molecule has 70 heavy (non-hydrogen) atoms. The van der Waals surface area contributed by atoms with Crippen LogP contribution in [-0.4, -0.2) is 39.0 Å². The lowest BCUT2D eigenvalue weighted by Crippen LogP contribution is -2.02. The minimum absolute atomic E-state index is 0.579. The first-order valence-corrected chi connectivity index (χ1v) is 23.3. The smallest absolute Gasteiger partial charge is 0.234 e. The van der Waals surface area contributed by atoms with Crippen LogP contribution in [0, 0.1) is 0 Å². The maximum absolute atomic E-state index is 5.13. The number of fused-ring (bicyclic) bond motifs is 8. The highest BCUT2D eigenvalue weighted by Gasteiger charge is 2.19. The Morgan fingerprint density at radius 1 is 0.271 bits per heavy atom. The lowest BCUT2D eigenvalue weighted by atomic mass is 10.0. The van der Waals surface area contributed by atoms with Gasteiger partial charge in [-0.3, -0.25) is 4.57 Å². The standard InChI is InChI=1S/C62H38N8/c1-3-15-39(16-4-1)58-48-21-7-11-23-52(48)65-60(67-58)41-27-31-45(32-28-41)69-54-25-13-9-19-46(54)50-35-42(29-33-56(50)69)43-30-34-57-51(36-43)47-20-10-14-26-55(47)70(57)62-63-37-44(38-64-62)61-66-53-24-12-8-22-49(53)59(68-61)40-17-5-2-6-18-40/h1-38H. The molecule has 0 aliphatic carbocycles. The summed E-state index contributed by atoms with van der Waals surface area (Å²) in [7, 11) is 0. The minimum atomic E-state index is 0.579. The molecule has 0 N–H and O–H groups in total. The van der Waals surface area contributed by atoms with Crippen LogP contribution >= 0.6 is 0 Å². The molecule has 8 heteroatoms. The first-order valence-electron chi connectivity index (χ1n) is 23.3. The predicted octanol–water partition coefficient (Wildman–Crippen LogP) is 14.9. The maximum Gasteiger partial charge on any atom is 0.234 e.